The van der Waals surface area contributed by atoms with E-state index in [4.69, 9.17) is 14.1 Å². The number of carbonyl (C=O) groups excluding carboxylic acids is 1. The van der Waals surface area contributed by atoms with Gasteiger partial charge in [-0.1, -0.05) is 26.0 Å². The molecule has 1 aliphatic heterocycles. The normalized spacial score (nSPS) is 16.4. The number of rotatable bonds is 7. The molecule has 3 heterocycles. The molecule has 0 bridgehead atoms. The van der Waals surface area contributed by atoms with Crippen LogP contribution in [0.3, 0.4) is 0 Å². The highest BCUT2D eigenvalue weighted by Gasteiger charge is 2.31. The van der Waals surface area contributed by atoms with Crippen molar-refractivity contribution in [3.63, 3.8) is 0 Å². The Balaban J connectivity index is 1.73. The Kier molecular flexibility index (Phi) is 7.21. The number of hydrogen-bond donors (Lipinski definition) is 0. The predicted octanol–water partition coefficient (Wildman–Crippen LogP) is 4.13. The van der Waals surface area contributed by atoms with Gasteiger partial charge in [0.1, 0.15) is 11.6 Å². The first-order chi connectivity index (χ1) is 16.4. The molecule has 0 aliphatic carbocycles. The molecule has 34 heavy (non-hydrogen) atoms. The Morgan fingerprint density at radius 3 is 2.62 bits per heavy atom. The van der Waals surface area contributed by atoms with Gasteiger partial charge in [-0.25, -0.2) is 9.37 Å². The lowest BCUT2D eigenvalue weighted by molar-refractivity contribution is -0.134. The maximum Gasteiger partial charge on any atom is 0.251 e. The molecular weight excluding hydrogens is 437 g/mol. The third-order valence-electron chi connectivity index (χ3n) is 6.09. The zero-order valence-electron chi connectivity index (χ0n) is 20.0. The van der Waals surface area contributed by atoms with Crippen LogP contribution in [-0.4, -0.2) is 65.4 Å². The van der Waals surface area contributed by atoms with Crippen LogP contribution in [0, 0.1) is 5.82 Å². The van der Waals surface area contributed by atoms with E-state index >= 15 is 0 Å². The Bertz CT molecular complexity index is 1120. The van der Waals surface area contributed by atoms with Crippen molar-refractivity contribution < 1.29 is 18.3 Å². The van der Waals surface area contributed by atoms with Crippen molar-refractivity contribution in [2.24, 2.45) is 0 Å². The molecule has 0 spiro atoms. The molecule has 3 aromatic rings. The third kappa shape index (κ3) is 4.94. The number of halogens is 1. The second kappa shape index (κ2) is 10.3. The van der Waals surface area contributed by atoms with Gasteiger partial charge in [0.2, 0.25) is 12.3 Å². The number of aromatic nitrogens is 3. The van der Waals surface area contributed by atoms with Crippen molar-refractivity contribution in [2.45, 2.75) is 39.2 Å². The van der Waals surface area contributed by atoms with Crippen LogP contribution in [0.1, 0.15) is 38.8 Å². The fourth-order valence-corrected chi connectivity index (χ4v) is 4.36. The molecule has 180 valence electrons. The van der Waals surface area contributed by atoms with Crippen LogP contribution in [0.5, 0.6) is 0 Å². The first-order valence-electron chi connectivity index (χ1n) is 11.5. The number of piperazine rings is 1. The largest absolute Gasteiger partial charge is 0.423 e. The summed E-state index contributed by atoms with van der Waals surface area (Å²) in [6.45, 7) is 8.47. The maximum atomic E-state index is 13.6. The number of carbonyl (C=O) groups is 1. The summed E-state index contributed by atoms with van der Waals surface area (Å²) in [7, 11) is 1.60. The van der Waals surface area contributed by atoms with Crippen molar-refractivity contribution in [2.75, 3.05) is 38.3 Å². The van der Waals surface area contributed by atoms with Crippen LogP contribution in [0.2, 0.25) is 0 Å². The highest BCUT2D eigenvalue weighted by molar-refractivity contribution is 5.80. The van der Waals surface area contributed by atoms with Crippen LogP contribution in [0.15, 0.2) is 41.1 Å². The number of pyridine rings is 1. The van der Waals surface area contributed by atoms with Crippen LogP contribution in [0.25, 0.3) is 22.6 Å². The highest BCUT2D eigenvalue weighted by Crippen LogP contribution is 2.37. The average Bonchev–Trinajstić information content (AvgIpc) is 3.37. The van der Waals surface area contributed by atoms with E-state index < -0.39 is 0 Å². The molecule has 2 aromatic heterocycles. The first-order valence-corrected chi connectivity index (χ1v) is 11.5. The Labute approximate surface area is 198 Å². The Hall–Kier alpha value is -3.33. The van der Waals surface area contributed by atoms with Gasteiger partial charge in [0.25, 0.3) is 5.89 Å². The van der Waals surface area contributed by atoms with E-state index in [1.807, 2.05) is 17.9 Å². The topological polar surface area (TPSA) is 84.6 Å². The van der Waals surface area contributed by atoms with E-state index in [-0.39, 0.29) is 23.7 Å². The number of hydrogen-bond acceptors (Lipinski definition) is 7. The summed E-state index contributed by atoms with van der Waals surface area (Å²) in [6.07, 6.45) is 1.66. The average molecular weight is 468 g/mol. The molecule has 1 amide bonds. The minimum absolute atomic E-state index is 0.00900. The van der Waals surface area contributed by atoms with Gasteiger partial charge in [-0.3, -0.25) is 4.79 Å². The fraction of sp³-hybridized carbons (Fsp3) is 0.440. The first kappa shape index (κ1) is 23.8. The SMILES string of the molecule is COCCC(=O)N1CCN(c2nc(C(C)C)c(-c3ccc(F)cc3)cc2-c2nnco2)CC1C. The molecule has 1 aliphatic rings. The number of nitrogens with zero attached hydrogens (tertiary/aromatic N) is 5. The fourth-order valence-electron chi connectivity index (χ4n) is 4.36. The molecule has 1 atom stereocenters. The second-order valence-corrected chi connectivity index (χ2v) is 8.82. The standard InChI is InChI=1S/C25H30FN5O3/c1-16(2)23-20(18-5-7-19(26)8-6-18)13-21(25-29-27-15-34-25)24(28-23)30-10-11-31(17(3)14-30)22(32)9-12-33-4/h5-8,13,15-17H,9-12,14H2,1-4H3. The molecule has 1 fully saturated rings. The van der Waals surface area contributed by atoms with E-state index in [1.54, 1.807) is 19.2 Å². The lowest BCUT2D eigenvalue weighted by atomic mass is 9.95. The Morgan fingerprint density at radius 2 is 2.00 bits per heavy atom. The molecule has 1 aromatic carbocycles. The van der Waals surface area contributed by atoms with E-state index in [1.165, 1.54) is 18.5 Å². The van der Waals surface area contributed by atoms with Crippen LogP contribution in [-0.2, 0) is 9.53 Å². The van der Waals surface area contributed by atoms with Gasteiger partial charge >= 0.3 is 0 Å². The minimum atomic E-state index is -0.288. The maximum absolute atomic E-state index is 13.6. The molecule has 9 heteroatoms. The van der Waals surface area contributed by atoms with Crippen molar-refractivity contribution in [1.82, 2.24) is 20.1 Å². The third-order valence-corrected chi connectivity index (χ3v) is 6.09. The summed E-state index contributed by atoms with van der Waals surface area (Å²) in [4.78, 5) is 21.7. The van der Waals surface area contributed by atoms with Crippen molar-refractivity contribution in [3.05, 3.63) is 48.2 Å². The molecule has 0 saturated carbocycles. The lowest BCUT2D eigenvalue weighted by Crippen LogP contribution is -2.54. The van der Waals surface area contributed by atoms with Gasteiger partial charge in [0.15, 0.2) is 0 Å². The summed E-state index contributed by atoms with van der Waals surface area (Å²) < 4.78 is 24.2. The number of ether oxygens (including phenoxy) is 1. The van der Waals surface area contributed by atoms with Gasteiger partial charge in [-0.2, -0.15) is 0 Å². The molecule has 1 saturated heterocycles. The monoisotopic (exact) mass is 467 g/mol. The summed E-state index contributed by atoms with van der Waals surface area (Å²) >= 11 is 0. The predicted molar refractivity (Wildman–Crippen MR) is 127 cm³/mol. The summed E-state index contributed by atoms with van der Waals surface area (Å²) in [5.74, 6) is 1.05. The van der Waals surface area contributed by atoms with Crippen molar-refractivity contribution >= 4 is 11.7 Å². The highest BCUT2D eigenvalue weighted by atomic mass is 19.1. The zero-order chi connectivity index (χ0) is 24.2. The van der Waals surface area contributed by atoms with Gasteiger partial charge in [-0.15, -0.1) is 10.2 Å². The molecular formula is C25H30FN5O3. The van der Waals surface area contributed by atoms with Gasteiger partial charge < -0.3 is 19.0 Å². The van der Waals surface area contributed by atoms with Crippen LogP contribution >= 0.6 is 0 Å². The van der Waals surface area contributed by atoms with Crippen LogP contribution < -0.4 is 4.90 Å². The number of anilines is 1. The molecule has 0 radical (unpaired) electrons. The lowest BCUT2D eigenvalue weighted by Gasteiger charge is -2.41. The molecule has 1 unspecified atom stereocenters. The minimum Gasteiger partial charge on any atom is -0.423 e. The second-order valence-electron chi connectivity index (χ2n) is 8.82. The molecule has 4 rings (SSSR count). The molecule has 0 N–H and O–H groups in total. The van der Waals surface area contributed by atoms with Gasteiger partial charge in [0, 0.05) is 38.3 Å². The van der Waals surface area contributed by atoms with Crippen molar-refractivity contribution in [3.8, 4) is 22.6 Å². The van der Waals surface area contributed by atoms with Crippen LogP contribution in [0.4, 0.5) is 10.2 Å². The van der Waals surface area contributed by atoms with E-state index in [2.05, 4.69) is 28.9 Å². The number of benzene rings is 1. The van der Waals surface area contributed by atoms with Gasteiger partial charge in [-0.05, 0) is 36.6 Å². The summed E-state index contributed by atoms with van der Waals surface area (Å²) in [6, 6.07) is 8.40. The molecule has 8 nitrogen and oxygen atoms in total. The van der Waals surface area contributed by atoms with E-state index in [0.717, 1.165) is 22.6 Å². The number of methoxy groups -OCH3 is 1. The summed E-state index contributed by atoms with van der Waals surface area (Å²) in [5, 5.41) is 8.00. The van der Waals surface area contributed by atoms with Crippen molar-refractivity contribution in [1.29, 1.82) is 0 Å². The quantitative estimate of drug-likeness (QED) is 0.516. The van der Waals surface area contributed by atoms with E-state index in [0.29, 0.717) is 44.1 Å². The smallest absolute Gasteiger partial charge is 0.251 e. The zero-order valence-corrected chi connectivity index (χ0v) is 20.0. The van der Waals surface area contributed by atoms with E-state index in [9.17, 15) is 9.18 Å². The number of amides is 1. The summed E-state index contributed by atoms with van der Waals surface area (Å²) in [5.41, 5.74) is 3.38. The van der Waals surface area contributed by atoms with Gasteiger partial charge in [0.05, 0.1) is 24.3 Å². The Morgan fingerprint density at radius 1 is 1.24 bits per heavy atom.